The molecule has 1 aromatic heterocycles. The third kappa shape index (κ3) is 2.05. The molecule has 0 bridgehead atoms. The Morgan fingerprint density at radius 2 is 2.07 bits per heavy atom. The Bertz CT molecular complexity index is 528. The molecule has 14 heavy (non-hydrogen) atoms. The fourth-order valence-electron chi connectivity index (χ4n) is 1.13. The number of nitrogens with zero attached hydrogens (tertiary/aromatic N) is 1. The number of benzene rings is 1. The molecule has 0 aliphatic heterocycles. The van der Waals surface area contributed by atoms with E-state index in [0.29, 0.717) is 11.1 Å². The molecule has 0 saturated heterocycles. The summed E-state index contributed by atoms with van der Waals surface area (Å²) in [7, 11) is 1.46. The molecule has 0 radical (unpaired) electrons. The maximum absolute atomic E-state index is 10.7. The summed E-state index contributed by atoms with van der Waals surface area (Å²) in [5.41, 5.74) is 1.19. The summed E-state index contributed by atoms with van der Waals surface area (Å²) in [6.45, 7) is 0. The Hall–Kier alpha value is -1.07. The highest BCUT2D eigenvalue weighted by atomic mass is 35.7. The van der Waals surface area contributed by atoms with E-state index in [0.717, 1.165) is 0 Å². The fourth-order valence-corrected chi connectivity index (χ4v) is 1.83. The van der Waals surface area contributed by atoms with Gasteiger partial charge in [0.1, 0.15) is 11.3 Å². The number of hydrogen-bond donors (Lipinski definition) is 0. The molecule has 74 valence electrons. The molecule has 2 aromatic rings. The van der Waals surface area contributed by atoms with Crippen molar-refractivity contribution in [2.45, 2.75) is 5.75 Å². The van der Waals surface area contributed by atoms with Gasteiger partial charge in [0.05, 0.1) is 0 Å². The van der Waals surface area contributed by atoms with Crippen LogP contribution in [0.25, 0.3) is 11.1 Å². The molecule has 0 fully saturated rings. The van der Waals surface area contributed by atoms with Crippen LogP contribution in [0.1, 0.15) is 5.89 Å². The molecule has 0 spiro atoms. The van der Waals surface area contributed by atoms with Gasteiger partial charge in [-0.15, -0.1) is 0 Å². The van der Waals surface area contributed by atoms with E-state index in [1.165, 1.54) is 0 Å². The van der Waals surface area contributed by atoms with Crippen LogP contribution in [0.2, 0.25) is 0 Å². The van der Waals surface area contributed by atoms with Crippen LogP contribution in [0.4, 0.5) is 0 Å². The summed E-state index contributed by atoms with van der Waals surface area (Å²) in [4.78, 5) is 3.97. The summed E-state index contributed by atoms with van der Waals surface area (Å²) in [6, 6.07) is 7.03. The first-order chi connectivity index (χ1) is 6.54. The molecule has 4 nitrogen and oxygen atoms in total. The van der Waals surface area contributed by atoms with Gasteiger partial charge < -0.3 is 4.42 Å². The van der Waals surface area contributed by atoms with Crippen molar-refractivity contribution in [3.05, 3.63) is 30.2 Å². The van der Waals surface area contributed by atoms with Crippen molar-refractivity contribution in [2.24, 2.45) is 0 Å². The number of hydrogen-bond acceptors (Lipinski definition) is 4. The molecule has 0 N–H and O–H groups in total. The molecular formula is C8H6ClNO3S. The standard InChI is InChI=1S/C8H6ClNO3S/c9-14(11,12)5-8-10-6-3-1-2-4-7(6)13-8/h1-4H,5H2. The van der Waals surface area contributed by atoms with Crippen molar-refractivity contribution in [3.8, 4) is 0 Å². The Balaban J connectivity index is 2.46. The molecule has 0 aliphatic carbocycles. The molecule has 1 aromatic carbocycles. The van der Waals surface area contributed by atoms with Crippen molar-refractivity contribution < 1.29 is 12.8 Å². The van der Waals surface area contributed by atoms with Crippen LogP contribution in [0.5, 0.6) is 0 Å². The summed E-state index contributed by atoms with van der Waals surface area (Å²) < 4.78 is 26.7. The van der Waals surface area contributed by atoms with Gasteiger partial charge in [0.25, 0.3) is 0 Å². The van der Waals surface area contributed by atoms with Crippen molar-refractivity contribution in [1.29, 1.82) is 0 Å². The Kier molecular flexibility index (Phi) is 2.20. The minimum absolute atomic E-state index is 0.112. The van der Waals surface area contributed by atoms with Gasteiger partial charge in [-0.1, -0.05) is 12.1 Å². The second-order valence-corrected chi connectivity index (χ2v) is 5.54. The third-order valence-corrected chi connectivity index (χ3v) is 2.55. The van der Waals surface area contributed by atoms with Gasteiger partial charge in [-0.05, 0) is 12.1 Å². The summed E-state index contributed by atoms with van der Waals surface area (Å²) in [6.07, 6.45) is 0. The van der Waals surface area contributed by atoms with Gasteiger partial charge in [-0.3, -0.25) is 0 Å². The number of oxazole rings is 1. The molecular weight excluding hydrogens is 226 g/mol. The molecule has 0 amide bonds. The van der Waals surface area contributed by atoms with Crippen LogP contribution < -0.4 is 0 Å². The first-order valence-corrected chi connectivity index (χ1v) is 6.29. The highest BCUT2D eigenvalue weighted by molar-refractivity contribution is 8.13. The Labute approximate surface area is 84.9 Å². The van der Waals surface area contributed by atoms with Crippen LogP contribution >= 0.6 is 10.7 Å². The van der Waals surface area contributed by atoms with E-state index in [1.54, 1.807) is 24.3 Å². The second-order valence-electron chi connectivity index (χ2n) is 2.76. The van der Waals surface area contributed by atoms with Gasteiger partial charge in [0, 0.05) is 10.7 Å². The molecule has 0 aliphatic rings. The largest absolute Gasteiger partial charge is 0.440 e. The summed E-state index contributed by atoms with van der Waals surface area (Å²) in [5.74, 6) is -0.273. The maximum Gasteiger partial charge on any atom is 0.241 e. The van der Waals surface area contributed by atoms with Crippen LogP contribution in [0.3, 0.4) is 0 Å². The van der Waals surface area contributed by atoms with Gasteiger partial charge in [0.2, 0.25) is 14.9 Å². The number of para-hydroxylation sites is 2. The lowest BCUT2D eigenvalue weighted by Crippen LogP contribution is -1.94. The second kappa shape index (κ2) is 3.25. The lowest BCUT2D eigenvalue weighted by Gasteiger charge is -1.87. The van der Waals surface area contributed by atoms with Crippen molar-refractivity contribution >= 4 is 30.8 Å². The van der Waals surface area contributed by atoms with Crippen LogP contribution in [0, 0.1) is 0 Å². The molecule has 0 unspecified atom stereocenters. The molecule has 2 rings (SSSR count). The minimum atomic E-state index is -3.61. The van der Waals surface area contributed by atoms with E-state index >= 15 is 0 Å². The fraction of sp³-hybridized carbons (Fsp3) is 0.125. The lowest BCUT2D eigenvalue weighted by atomic mass is 10.3. The molecule has 0 saturated carbocycles. The zero-order valence-electron chi connectivity index (χ0n) is 6.97. The number of fused-ring (bicyclic) bond motifs is 1. The van der Waals surface area contributed by atoms with Crippen molar-refractivity contribution in [3.63, 3.8) is 0 Å². The van der Waals surface area contributed by atoms with E-state index in [1.807, 2.05) is 0 Å². The van der Waals surface area contributed by atoms with Gasteiger partial charge in [0.15, 0.2) is 5.58 Å². The maximum atomic E-state index is 10.7. The average molecular weight is 232 g/mol. The minimum Gasteiger partial charge on any atom is -0.440 e. The number of halogens is 1. The summed E-state index contributed by atoms with van der Waals surface area (Å²) >= 11 is 0. The highest BCUT2D eigenvalue weighted by Gasteiger charge is 2.13. The predicted molar refractivity (Wildman–Crippen MR) is 52.5 cm³/mol. The third-order valence-electron chi connectivity index (χ3n) is 1.63. The van der Waals surface area contributed by atoms with Gasteiger partial charge >= 0.3 is 0 Å². The monoisotopic (exact) mass is 231 g/mol. The first kappa shape index (κ1) is 9.48. The number of rotatable bonds is 2. The highest BCUT2D eigenvalue weighted by Crippen LogP contribution is 2.17. The lowest BCUT2D eigenvalue weighted by molar-refractivity contribution is 0.544. The van der Waals surface area contributed by atoms with E-state index in [-0.39, 0.29) is 11.6 Å². The van der Waals surface area contributed by atoms with Crippen LogP contribution in [-0.2, 0) is 14.8 Å². The Morgan fingerprint density at radius 1 is 1.36 bits per heavy atom. The van der Waals surface area contributed by atoms with Crippen LogP contribution in [-0.4, -0.2) is 13.4 Å². The Morgan fingerprint density at radius 3 is 2.71 bits per heavy atom. The number of aromatic nitrogens is 1. The van der Waals surface area contributed by atoms with E-state index in [2.05, 4.69) is 4.98 Å². The smallest absolute Gasteiger partial charge is 0.241 e. The quantitative estimate of drug-likeness (QED) is 0.741. The average Bonchev–Trinajstić information content (AvgIpc) is 2.42. The topological polar surface area (TPSA) is 60.2 Å². The molecule has 1 heterocycles. The van der Waals surface area contributed by atoms with Crippen molar-refractivity contribution in [1.82, 2.24) is 4.98 Å². The zero-order valence-corrected chi connectivity index (χ0v) is 8.55. The normalized spacial score (nSPS) is 12.1. The van der Waals surface area contributed by atoms with E-state index in [4.69, 9.17) is 15.1 Å². The SMILES string of the molecule is O=S(=O)(Cl)Cc1nc2ccccc2o1. The van der Waals surface area contributed by atoms with Gasteiger partial charge in [-0.25, -0.2) is 13.4 Å². The molecule has 6 heteroatoms. The van der Waals surface area contributed by atoms with E-state index < -0.39 is 9.05 Å². The molecule has 0 atom stereocenters. The first-order valence-electron chi connectivity index (χ1n) is 3.81. The van der Waals surface area contributed by atoms with E-state index in [9.17, 15) is 8.42 Å². The van der Waals surface area contributed by atoms with Crippen molar-refractivity contribution in [2.75, 3.05) is 0 Å². The summed E-state index contributed by atoms with van der Waals surface area (Å²) in [5, 5.41) is 0. The zero-order chi connectivity index (χ0) is 10.2. The van der Waals surface area contributed by atoms with Crippen LogP contribution in [0.15, 0.2) is 28.7 Å². The predicted octanol–water partition coefficient (Wildman–Crippen LogP) is 1.90. The van der Waals surface area contributed by atoms with Gasteiger partial charge in [-0.2, -0.15) is 0 Å².